The maximum Gasteiger partial charge on any atom is 0.313 e. The summed E-state index contributed by atoms with van der Waals surface area (Å²) in [6, 6.07) is 3.68. The third-order valence-corrected chi connectivity index (χ3v) is 4.40. The summed E-state index contributed by atoms with van der Waals surface area (Å²) in [4.78, 5) is 28.9. The Labute approximate surface area is 143 Å². The van der Waals surface area contributed by atoms with Gasteiger partial charge in [-0.1, -0.05) is 0 Å². The van der Waals surface area contributed by atoms with E-state index in [9.17, 15) is 9.59 Å². The number of piperidine rings is 1. The summed E-state index contributed by atoms with van der Waals surface area (Å²) in [7, 11) is 1.40. The Morgan fingerprint density at radius 1 is 1.38 bits per heavy atom. The van der Waals surface area contributed by atoms with Gasteiger partial charge in [-0.15, -0.1) is 0 Å². The minimum atomic E-state index is -0.611. The summed E-state index contributed by atoms with van der Waals surface area (Å²) in [5.74, 6) is 1.15. The number of methoxy groups -OCH3 is 1. The average Bonchev–Trinajstić information content (AvgIpc) is 2.61. The molecule has 6 nitrogen and oxygen atoms in total. The topological polar surface area (TPSA) is 68.7 Å². The van der Waals surface area contributed by atoms with E-state index in [2.05, 4.69) is 9.88 Å². The largest absolute Gasteiger partial charge is 0.469 e. The second kappa shape index (κ2) is 8.24. The van der Waals surface area contributed by atoms with Crippen molar-refractivity contribution in [2.45, 2.75) is 26.7 Å². The summed E-state index contributed by atoms with van der Waals surface area (Å²) < 4.78 is 10.5. The Bertz CT molecular complexity index is 549. The number of pyridine rings is 1. The lowest BCUT2D eigenvalue weighted by molar-refractivity contribution is -0.154. The van der Waals surface area contributed by atoms with Crippen molar-refractivity contribution in [3.05, 3.63) is 23.9 Å². The molecule has 2 heterocycles. The quantitative estimate of drug-likeness (QED) is 0.563. The van der Waals surface area contributed by atoms with Crippen molar-refractivity contribution >= 4 is 18.1 Å². The molecule has 1 aromatic heterocycles. The zero-order valence-corrected chi connectivity index (χ0v) is 14.7. The van der Waals surface area contributed by atoms with Gasteiger partial charge in [-0.05, 0) is 44.7 Å². The van der Waals surface area contributed by atoms with Crippen LogP contribution in [-0.2, 0) is 14.3 Å². The number of aldehydes is 1. The number of ether oxygens (including phenoxy) is 2. The number of rotatable bonds is 7. The molecule has 2 rings (SSSR count). The van der Waals surface area contributed by atoms with E-state index < -0.39 is 5.41 Å². The van der Waals surface area contributed by atoms with E-state index in [0.717, 1.165) is 38.0 Å². The van der Waals surface area contributed by atoms with Crippen LogP contribution in [0.15, 0.2) is 18.3 Å². The fraction of sp³-hybridized carbons (Fsp3) is 0.611. The molecule has 24 heavy (non-hydrogen) atoms. The van der Waals surface area contributed by atoms with E-state index in [1.54, 1.807) is 12.3 Å². The van der Waals surface area contributed by atoms with E-state index in [0.29, 0.717) is 24.7 Å². The van der Waals surface area contributed by atoms with Crippen LogP contribution in [0.2, 0.25) is 0 Å². The van der Waals surface area contributed by atoms with Gasteiger partial charge in [0.2, 0.25) is 0 Å². The Kier molecular flexibility index (Phi) is 6.31. The monoisotopic (exact) mass is 334 g/mol. The molecule has 132 valence electrons. The van der Waals surface area contributed by atoms with Crippen molar-refractivity contribution in [1.29, 1.82) is 0 Å². The van der Waals surface area contributed by atoms with E-state index in [1.165, 1.54) is 7.11 Å². The standard InChI is InChI=1S/C18H26N2O4/c1-18(2,17(22)23-3)13-24-12-14-6-8-20(9-7-14)16-5-4-15(11-21)10-19-16/h4-5,10-11,14H,6-9,12-13H2,1-3H3. The molecule has 0 saturated carbocycles. The van der Waals surface area contributed by atoms with Crippen LogP contribution in [0.1, 0.15) is 37.0 Å². The van der Waals surface area contributed by atoms with Gasteiger partial charge < -0.3 is 14.4 Å². The van der Waals surface area contributed by atoms with Crippen molar-refractivity contribution in [1.82, 2.24) is 4.98 Å². The van der Waals surface area contributed by atoms with Crippen LogP contribution >= 0.6 is 0 Å². The molecule has 0 amide bonds. The van der Waals surface area contributed by atoms with Crippen LogP contribution in [0.3, 0.4) is 0 Å². The SMILES string of the molecule is COC(=O)C(C)(C)COCC1CCN(c2ccc(C=O)cn2)CC1. The van der Waals surface area contributed by atoms with Crippen LogP contribution in [0.4, 0.5) is 5.82 Å². The minimum Gasteiger partial charge on any atom is -0.469 e. The minimum absolute atomic E-state index is 0.248. The highest BCUT2D eigenvalue weighted by molar-refractivity contribution is 5.76. The third kappa shape index (κ3) is 4.77. The second-order valence-corrected chi connectivity index (χ2v) is 6.89. The number of nitrogens with zero attached hydrogens (tertiary/aromatic N) is 2. The molecule has 1 aliphatic rings. The maximum atomic E-state index is 11.6. The Morgan fingerprint density at radius 3 is 2.62 bits per heavy atom. The first-order chi connectivity index (χ1) is 11.5. The Hall–Kier alpha value is -1.95. The molecule has 6 heteroatoms. The molecule has 1 fully saturated rings. The van der Waals surface area contributed by atoms with Crippen LogP contribution in [0.25, 0.3) is 0 Å². The second-order valence-electron chi connectivity index (χ2n) is 6.89. The van der Waals surface area contributed by atoms with Crippen LogP contribution in [0, 0.1) is 11.3 Å². The fourth-order valence-electron chi connectivity index (χ4n) is 2.80. The molecule has 0 N–H and O–H groups in total. The molecule has 0 aliphatic carbocycles. The summed E-state index contributed by atoms with van der Waals surface area (Å²) in [5.41, 5.74) is -0.0186. The first-order valence-corrected chi connectivity index (χ1v) is 8.28. The van der Waals surface area contributed by atoms with Crippen molar-refractivity contribution in [2.24, 2.45) is 11.3 Å². The molecule has 0 bridgehead atoms. The molecule has 0 aromatic carbocycles. The highest BCUT2D eigenvalue weighted by atomic mass is 16.5. The van der Waals surface area contributed by atoms with E-state index in [4.69, 9.17) is 9.47 Å². The van der Waals surface area contributed by atoms with Crippen molar-refractivity contribution < 1.29 is 19.1 Å². The van der Waals surface area contributed by atoms with Gasteiger partial charge in [0.25, 0.3) is 0 Å². The van der Waals surface area contributed by atoms with Gasteiger partial charge in [0.05, 0.1) is 19.1 Å². The molecular formula is C18H26N2O4. The highest BCUT2D eigenvalue weighted by Crippen LogP contribution is 2.23. The van der Waals surface area contributed by atoms with Gasteiger partial charge in [-0.3, -0.25) is 9.59 Å². The summed E-state index contributed by atoms with van der Waals surface area (Å²) in [6.07, 6.45) is 4.45. The predicted octanol–water partition coefficient (Wildman–Crippen LogP) is 2.33. The third-order valence-electron chi connectivity index (χ3n) is 4.40. The molecule has 1 aliphatic heterocycles. The number of carbonyl (C=O) groups excluding carboxylic acids is 2. The maximum absolute atomic E-state index is 11.6. The lowest BCUT2D eigenvalue weighted by Gasteiger charge is -2.33. The number of hydrogen-bond donors (Lipinski definition) is 0. The number of carbonyl (C=O) groups is 2. The molecule has 0 unspecified atom stereocenters. The van der Waals surface area contributed by atoms with Gasteiger partial charge in [0.15, 0.2) is 6.29 Å². The van der Waals surface area contributed by atoms with Crippen molar-refractivity contribution in [3.8, 4) is 0 Å². The molecule has 0 radical (unpaired) electrons. The smallest absolute Gasteiger partial charge is 0.313 e. The Balaban J connectivity index is 1.74. The van der Waals surface area contributed by atoms with Crippen LogP contribution < -0.4 is 4.90 Å². The van der Waals surface area contributed by atoms with Crippen LogP contribution in [-0.4, -0.2) is 50.7 Å². The summed E-state index contributed by atoms with van der Waals surface area (Å²) >= 11 is 0. The van der Waals surface area contributed by atoms with Gasteiger partial charge in [0, 0.05) is 31.5 Å². The summed E-state index contributed by atoms with van der Waals surface area (Å²) in [5, 5.41) is 0. The normalized spacial score (nSPS) is 16.0. The van der Waals surface area contributed by atoms with Gasteiger partial charge in [-0.2, -0.15) is 0 Å². The first-order valence-electron chi connectivity index (χ1n) is 8.28. The lowest BCUT2D eigenvalue weighted by Crippen LogP contribution is -2.36. The number of anilines is 1. The zero-order valence-electron chi connectivity index (χ0n) is 14.7. The van der Waals surface area contributed by atoms with Gasteiger partial charge in [-0.25, -0.2) is 4.98 Å². The fourth-order valence-corrected chi connectivity index (χ4v) is 2.80. The Morgan fingerprint density at radius 2 is 2.08 bits per heavy atom. The van der Waals surface area contributed by atoms with Gasteiger partial charge in [0.1, 0.15) is 5.82 Å². The number of esters is 1. The zero-order chi connectivity index (χ0) is 17.6. The summed E-state index contributed by atoms with van der Waals surface area (Å²) in [6.45, 7) is 6.52. The van der Waals surface area contributed by atoms with E-state index in [1.807, 2.05) is 19.9 Å². The van der Waals surface area contributed by atoms with Gasteiger partial charge >= 0.3 is 5.97 Å². The van der Waals surface area contributed by atoms with E-state index in [-0.39, 0.29) is 5.97 Å². The first kappa shape index (κ1) is 18.4. The molecular weight excluding hydrogens is 308 g/mol. The molecule has 1 aromatic rings. The average molecular weight is 334 g/mol. The number of hydrogen-bond acceptors (Lipinski definition) is 6. The van der Waals surface area contributed by atoms with E-state index >= 15 is 0 Å². The van der Waals surface area contributed by atoms with Crippen molar-refractivity contribution in [2.75, 3.05) is 38.3 Å². The number of aromatic nitrogens is 1. The van der Waals surface area contributed by atoms with Crippen LogP contribution in [0.5, 0.6) is 0 Å². The highest BCUT2D eigenvalue weighted by Gasteiger charge is 2.29. The van der Waals surface area contributed by atoms with Crippen molar-refractivity contribution in [3.63, 3.8) is 0 Å². The molecule has 0 atom stereocenters. The predicted molar refractivity (Wildman–Crippen MR) is 91.2 cm³/mol. The molecule has 0 spiro atoms. The lowest BCUT2D eigenvalue weighted by atomic mass is 9.94. The molecule has 1 saturated heterocycles.